The summed E-state index contributed by atoms with van der Waals surface area (Å²) in [6.07, 6.45) is -4.93. The quantitative estimate of drug-likeness (QED) is 0.687. The van der Waals surface area contributed by atoms with Crippen molar-refractivity contribution in [2.75, 3.05) is 6.61 Å². The maximum atomic E-state index is 12.1. The molecule has 1 rings (SSSR count). The molecule has 102 valence electrons. The second-order valence-corrected chi connectivity index (χ2v) is 3.66. The van der Waals surface area contributed by atoms with Crippen molar-refractivity contribution in [2.45, 2.75) is 18.2 Å². The SMILES string of the molecule is CCOC(=O)c1ccc(OC(F)(F)F)c(C#N)c1S. The highest BCUT2D eigenvalue weighted by Gasteiger charge is 2.33. The molecule has 0 amide bonds. The zero-order chi connectivity index (χ0) is 14.6. The van der Waals surface area contributed by atoms with Gasteiger partial charge in [-0.1, -0.05) is 0 Å². The van der Waals surface area contributed by atoms with Crippen LogP contribution in [0.4, 0.5) is 13.2 Å². The Hall–Kier alpha value is -1.88. The van der Waals surface area contributed by atoms with E-state index in [0.717, 1.165) is 12.1 Å². The van der Waals surface area contributed by atoms with E-state index in [2.05, 4.69) is 22.1 Å². The van der Waals surface area contributed by atoms with Gasteiger partial charge in [-0.05, 0) is 19.1 Å². The lowest BCUT2D eigenvalue weighted by Gasteiger charge is -2.13. The Morgan fingerprint density at radius 2 is 2.11 bits per heavy atom. The monoisotopic (exact) mass is 291 g/mol. The number of nitrogens with zero attached hydrogens (tertiary/aromatic N) is 1. The van der Waals surface area contributed by atoms with Gasteiger partial charge in [0.05, 0.1) is 12.2 Å². The second-order valence-electron chi connectivity index (χ2n) is 3.21. The summed E-state index contributed by atoms with van der Waals surface area (Å²) in [5, 5.41) is 8.83. The van der Waals surface area contributed by atoms with Crippen LogP contribution in [0.3, 0.4) is 0 Å². The van der Waals surface area contributed by atoms with Gasteiger partial charge >= 0.3 is 12.3 Å². The summed E-state index contributed by atoms with van der Waals surface area (Å²) in [6, 6.07) is 3.45. The van der Waals surface area contributed by atoms with Gasteiger partial charge in [-0.15, -0.1) is 25.8 Å². The summed E-state index contributed by atoms with van der Waals surface area (Å²) in [5.41, 5.74) is -0.581. The van der Waals surface area contributed by atoms with E-state index in [1.165, 1.54) is 6.07 Å². The lowest BCUT2D eigenvalue weighted by molar-refractivity contribution is -0.274. The van der Waals surface area contributed by atoms with Crippen LogP contribution in [0.25, 0.3) is 0 Å². The lowest BCUT2D eigenvalue weighted by atomic mass is 10.1. The number of nitriles is 1. The third kappa shape index (κ3) is 3.79. The largest absolute Gasteiger partial charge is 0.573 e. The molecule has 19 heavy (non-hydrogen) atoms. The number of rotatable bonds is 3. The fourth-order valence-corrected chi connectivity index (χ4v) is 1.59. The van der Waals surface area contributed by atoms with Crippen molar-refractivity contribution in [3.63, 3.8) is 0 Å². The Bertz CT molecular complexity index is 537. The van der Waals surface area contributed by atoms with Gasteiger partial charge in [0.1, 0.15) is 17.4 Å². The molecular weight excluding hydrogens is 283 g/mol. The number of carbonyl (C=O) groups excluding carboxylic acids is 1. The molecule has 0 aliphatic carbocycles. The van der Waals surface area contributed by atoms with Crippen molar-refractivity contribution in [2.24, 2.45) is 0 Å². The molecule has 1 aromatic rings. The molecule has 0 atom stereocenters. The van der Waals surface area contributed by atoms with Crippen LogP contribution >= 0.6 is 12.6 Å². The van der Waals surface area contributed by atoms with Crippen molar-refractivity contribution >= 4 is 18.6 Å². The van der Waals surface area contributed by atoms with Crippen LogP contribution in [0.15, 0.2) is 17.0 Å². The highest BCUT2D eigenvalue weighted by molar-refractivity contribution is 7.80. The zero-order valence-corrected chi connectivity index (χ0v) is 10.5. The number of carbonyl (C=O) groups is 1. The molecule has 0 bridgehead atoms. The molecule has 4 nitrogen and oxygen atoms in total. The molecular formula is C11H8F3NO3S. The predicted octanol–water partition coefficient (Wildman–Crippen LogP) is 2.92. The lowest BCUT2D eigenvalue weighted by Crippen LogP contribution is -2.18. The van der Waals surface area contributed by atoms with E-state index in [-0.39, 0.29) is 17.1 Å². The van der Waals surface area contributed by atoms with E-state index in [1.807, 2.05) is 0 Å². The van der Waals surface area contributed by atoms with E-state index >= 15 is 0 Å². The van der Waals surface area contributed by atoms with Crippen LogP contribution in [0.5, 0.6) is 5.75 Å². The molecule has 0 N–H and O–H groups in total. The van der Waals surface area contributed by atoms with E-state index in [9.17, 15) is 18.0 Å². The van der Waals surface area contributed by atoms with Gasteiger partial charge < -0.3 is 9.47 Å². The zero-order valence-electron chi connectivity index (χ0n) is 9.61. The second kappa shape index (κ2) is 5.84. The molecule has 0 fully saturated rings. The summed E-state index contributed by atoms with van der Waals surface area (Å²) >= 11 is 3.87. The highest BCUT2D eigenvalue weighted by Crippen LogP contribution is 2.32. The van der Waals surface area contributed by atoms with Gasteiger partial charge in [-0.2, -0.15) is 5.26 Å². The van der Waals surface area contributed by atoms with Gasteiger partial charge in [0, 0.05) is 4.90 Å². The van der Waals surface area contributed by atoms with E-state index < -0.39 is 23.6 Å². The van der Waals surface area contributed by atoms with E-state index in [1.54, 1.807) is 6.92 Å². The smallest absolute Gasteiger partial charge is 0.462 e. The maximum absolute atomic E-state index is 12.1. The van der Waals surface area contributed by atoms with Crippen molar-refractivity contribution in [1.82, 2.24) is 0 Å². The molecule has 0 aromatic heterocycles. The predicted molar refractivity (Wildman–Crippen MR) is 61.0 cm³/mol. The number of alkyl halides is 3. The molecule has 0 saturated carbocycles. The van der Waals surface area contributed by atoms with Crippen LogP contribution in [-0.2, 0) is 4.74 Å². The fraction of sp³-hybridized carbons (Fsp3) is 0.273. The van der Waals surface area contributed by atoms with Crippen LogP contribution in [0.2, 0.25) is 0 Å². The van der Waals surface area contributed by atoms with Gasteiger partial charge in [-0.25, -0.2) is 4.79 Å². The van der Waals surface area contributed by atoms with Crippen molar-refractivity contribution in [3.05, 3.63) is 23.3 Å². The summed E-state index contributed by atoms with van der Waals surface area (Å²) < 4.78 is 44.7. The number of thiol groups is 1. The third-order valence-corrected chi connectivity index (χ3v) is 2.44. The number of hydrogen-bond acceptors (Lipinski definition) is 5. The molecule has 0 heterocycles. The number of halogens is 3. The van der Waals surface area contributed by atoms with Gasteiger partial charge in [0.15, 0.2) is 0 Å². The average molecular weight is 291 g/mol. The number of benzene rings is 1. The van der Waals surface area contributed by atoms with E-state index in [0.29, 0.717) is 0 Å². The molecule has 0 aliphatic rings. The fourth-order valence-electron chi connectivity index (χ4n) is 1.26. The normalized spacial score (nSPS) is 10.7. The summed E-state index contributed by atoms with van der Waals surface area (Å²) in [5.74, 6) is -1.49. The first kappa shape index (κ1) is 15.2. The van der Waals surface area contributed by atoms with Gasteiger partial charge in [0.2, 0.25) is 0 Å². The Kier molecular flexibility index (Phi) is 4.67. The highest BCUT2D eigenvalue weighted by atomic mass is 32.1. The molecule has 0 saturated heterocycles. The Morgan fingerprint density at radius 3 is 2.58 bits per heavy atom. The summed E-state index contributed by atoms with van der Waals surface area (Å²) in [6.45, 7) is 1.66. The topological polar surface area (TPSA) is 59.3 Å². The van der Waals surface area contributed by atoms with Crippen LogP contribution in [-0.4, -0.2) is 18.9 Å². The maximum Gasteiger partial charge on any atom is 0.573 e. The number of ether oxygens (including phenoxy) is 2. The van der Waals surface area contributed by atoms with Crippen molar-refractivity contribution in [1.29, 1.82) is 5.26 Å². The number of esters is 1. The molecule has 0 spiro atoms. The first-order valence-corrected chi connectivity index (χ1v) is 5.43. The first-order chi connectivity index (χ1) is 8.80. The van der Waals surface area contributed by atoms with Crippen molar-refractivity contribution in [3.8, 4) is 11.8 Å². The summed E-state index contributed by atoms with van der Waals surface area (Å²) in [4.78, 5) is 11.3. The molecule has 0 aliphatic heterocycles. The molecule has 8 heteroatoms. The Labute approximate surface area is 112 Å². The minimum Gasteiger partial charge on any atom is -0.462 e. The minimum atomic E-state index is -4.93. The molecule has 1 aromatic carbocycles. The van der Waals surface area contributed by atoms with Gasteiger partial charge in [0.25, 0.3) is 0 Å². The van der Waals surface area contributed by atoms with Gasteiger partial charge in [-0.3, -0.25) is 0 Å². The minimum absolute atomic E-state index is 0.0920. The molecule has 0 unspecified atom stereocenters. The van der Waals surface area contributed by atoms with E-state index in [4.69, 9.17) is 5.26 Å². The average Bonchev–Trinajstić information content (AvgIpc) is 2.27. The van der Waals surface area contributed by atoms with Crippen molar-refractivity contribution < 1.29 is 27.4 Å². The summed E-state index contributed by atoms with van der Waals surface area (Å²) in [7, 11) is 0. The standard InChI is InChI=1S/C11H8F3NO3S/c1-2-17-10(16)6-3-4-8(18-11(12,13)14)7(5-15)9(6)19/h3-4,19H,2H2,1H3. The van der Waals surface area contributed by atoms with Crippen LogP contribution in [0, 0.1) is 11.3 Å². The Morgan fingerprint density at radius 1 is 1.47 bits per heavy atom. The first-order valence-electron chi connectivity index (χ1n) is 4.99. The third-order valence-electron chi connectivity index (χ3n) is 1.97. The van der Waals surface area contributed by atoms with Crippen LogP contribution < -0.4 is 4.74 Å². The van der Waals surface area contributed by atoms with Crippen LogP contribution in [0.1, 0.15) is 22.8 Å². The molecule has 0 radical (unpaired) electrons. The number of hydrogen-bond donors (Lipinski definition) is 1. The Balaban J connectivity index is 3.24.